The van der Waals surface area contributed by atoms with E-state index in [2.05, 4.69) is 21.2 Å². The average molecular weight is 353 g/mol. The molecule has 1 unspecified atom stereocenters. The van der Waals surface area contributed by atoms with Crippen LogP contribution in [0.3, 0.4) is 0 Å². The van der Waals surface area contributed by atoms with Crippen molar-refractivity contribution in [3.63, 3.8) is 0 Å². The molecule has 0 spiro atoms. The number of para-hydroxylation sites is 2. The number of methoxy groups -OCH3 is 1. The number of carbonyl (C=O) groups is 1. The van der Waals surface area contributed by atoms with Crippen molar-refractivity contribution in [2.75, 3.05) is 50.1 Å². The first-order chi connectivity index (χ1) is 12.6. The zero-order valence-electron chi connectivity index (χ0n) is 15.7. The van der Waals surface area contributed by atoms with Crippen molar-refractivity contribution in [2.24, 2.45) is 0 Å². The van der Waals surface area contributed by atoms with Crippen molar-refractivity contribution >= 4 is 17.2 Å². The number of ether oxygens (including phenoxy) is 1. The number of carbonyl (C=O) groups excluding carboxylic acids is 1. The summed E-state index contributed by atoms with van der Waals surface area (Å²) >= 11 is 0. The molecular formula is C21H27N3O2. The fraction of sp³-hybridized carbons (Fsp3) is 0.381. The van der Waals surface area contributed by atoms with Gasteiger partial charge in [-0.3, -0.25) is 4.79 Å². The molecule has 0 bridgehead atoms. The maximum atomic E-state index is 12.2. The molecule has 1 atom stereocenters. The lowest BCUT2D eigenvalue weighted by Gasteiger charge is -2.37. The standard InChI is InChI=1S/C21H27N3O2/c1-16(22-2)21(25)17-8-10-18(11-9-17)23-12-14-24(15-13-23)19-6-4-5-7-20(19)26-3/h4-11,16,22H,12-15H2,1-3H3. The Kier molecular flexibility index (Phi) is 5.78. The number of rotatable bonds is 6. The van der Waals surface area contributed by atoms with Crippen LogP contribution in [0.15, 0.2) is 48.5 Å². The van der Waals surface area contributed by atoms with Gasteiger partial charge in [-0.1, -0.05) is 12.1 Å². The summed E-state index contributed by atoms with van der Waals surface area (Å²) < 4.78 is 5.48. The topological polar surface area (TPSA) is 44.8 Å². The van der Waals surface area contributed by atoms with Gasteiger partial charge in [0.2, 0.25) is 0 Å². The van der Waals surface area contributed by atoms with Crippen LogP contribution >= 0.6 is 0 Å². The predicted octanol–water partition coefficient (Wildman–Crippen LogP) is 2.81. The Bertz CT molecular complexity index is 737. The van der Waals surface area contributed by atoms with Gasteiger partial charge < -0.3 is 19.9 Å². The molecule has 0 radical (unpaired) electrons. The minimum atomic E-state index is -0.162. The van der Waals surface area contributed by atoms with Crippen molar-refractivity contribution in [2.45, 2.75) is 13.0 Å². The molecule has 1 aliphatic heterocycles. The van der Waals surface area contributed by atoms with Gasteiger partial charge in [-0.2, -0.15) is 0 Å². The van der Waals surface area contributed by atoms with Crippen molar-refractivity contribution in [3.8, 4) is 5.75 Å². The molecule has 1 aliphatic rings. The second kappa shape index (κ2) is 8.23. The minimum absolute atomic E-state index is 0.125. The monoisotopic (exact) mass is 353 g/mol. The summed E-state index contributed by atoms with van der Waals surface area (Å²) in [5, 5.41) is 3.00. The molecule has 3 rings (SSSR count). The summed E-state index contributed by atoms with van der Waals surface area (Å²) in [6, 6.07) is 16.0. The molecule has 1 saturated heterocycles. The number of nitrogens with one attached hydrogen (secondary N) is 1. The SMILES string of the molecule is CNC(C)C(=O)c1ccc(N2CCN(c3ccccc3OC)CC2)cc1. The average Bonchev–Trinajstić information content (AvgIpc) is 2.73. The van der Waals surface area contributed by atoms with Crippen LogP contribution < -0.4 is 19.9 Å². The number of Topliss-reactive ketones (excluding diaryl/α,β-unsaturated/α-hetero) is 1. The third-order valence-corrected chi connectivity index (χ3v) is 5.05. The molecule has 1 N–H and O–H groups in total. The lowest BCUT2D eigenvalue weighted by molar-refractivity contribution is 0.0955. The molecule has 0 aromatic heterocycles. The number of hydrogen-bond donors (Lipinski definition) is 1. The van der Waals surface area contributed by atoms with E-state index >= 15 is 0 Å². The molecule has 5 nitrogen and oxygen atoms in total. The molecular weight excluding hydrogens is 326 g/mol. The Morgan fingerprint density at radius 2 is 1.62 bits per heavy atom. The molecule has 5 heteroatoms. The highest BCUT2D eigenvalue weighted by Crippen LogP contribution is 2.29. The van der Waals surface area contributed by atoms with E-state index in [1.807, 2.05) is 49.4 Å². The van der Waals surface area contributed by atoms with E-state index in [1.54, 1.807) is 14.2 Å². The Balaban J connectivity index is 1.64. The van der Waals surface area contributed by atoms with E-state index in [-0.39, 0.29) is 11.8 Å². The summed E-state index contributed by atoms with van der Waals surface area (Å²) in [4.78, 5) is 17.0. The fourth-order valence-electron chi connectivity index (χ4n) is 3.31. The normalized spacial score (nSPS) is 15.7. The van der Waals surface area contributed by atoms with E-state index in [1.165, 1.54) is 5.69 Å². The smallest absolute Gasteiger partial charge is 0.179 e. The molecule has 0 aliphatic carbocycles. The number of piperazine rings is 1. The summed E-state index contributed by atoms with van der Waals surface area (Å²) in [7, 11) is 3.52. The van der Waals surface area contributed by atoms with Crippen LogP contribution in [0.4, 0.5) is 11.4 Å². The van der Waals surface area contributed by atoms with Gasteiger partial charge in [0.25, 0.3) is 0 Å². The van der Waals surface area contributed by atoms with Gasteiger partial charge in [-0.05, 0) is 50.4 Å². The number of likely N-dealkylation sites (N-methyl/N-ethyl adjacent to an activating group) is 1. The number of nitrogens with zero attached hydrogens (tertiary/aromatic N) is 2. The van der Waals surface area contributed by atoms with E-state index in [0.717, 1.165) is 43.2 Å². The Morgan fingerprint density at radius 1 is 1.00 bits per heavy atom. The van der Waals surface area contributed by atoms with E-state index in [9.17, 15) is 4.79 Å². The van der Waals surface area contributed by atoms with Crippen LogP contribution in [0.5, 0.6) is 5.75 Å². The minimum Gasteiger partial charge on any atom is -0.495 e. The fourth-order valence-corrected chi connectivity index (χ4v) is 3.31. The Morgan fingerprint density at radius 3 is 2.23 bits per heavy atom. The van der Waals surface area contributed by atoms with E-state index in [4.69, 9.17) is 4.74 Å². The first kappa shape index (κ1) is 18.3. The van der Waals surface area contributed by atoms with Crippen molar-refractivity contribution in [3.05, 3.63) is 54.1 Å². The Hall–Kier alpha value is -2.53. The molecule has 26 heavy (non-hydrogen) atoms. The largest absolute Gasteiger partial charge is 0.495 e. The highest BCUT2D eigenvalue weighted by atomic mass is 16.5. The van der Waals surface area contributed by atoms with E-state index < -0.39 is 0 Å². The maximum absolute atomic E-state index is 12.2. The third kappa shape index (κ3) is 3.83. The summed E-state index contributed by atoms with van der Waals surface area (Å²) in [6.07, 6.45) is 0. The molecule has 1 heterocycles. The lowest BCUT2D eigenvalue weighted by atomic mass is 10.0. The Labute approximate surface area is 155 Å². The van der Waals surface area contributed by atoms with Crippen LogP contribution in [-0.2, 0) is 0 Å². The van der Waals surface area contributed by atoms with Crippen LogP contribution in [-0.4, -0.2) is 52.2 Å². The van der Waals surface area contributed by atoms with Crippen molar-refractivity contribution in [1.29, 1.82) is 0 Å². The summed E-state index contributed by atoms with van der Waals surface area (Å²) in [5.74, 6) is 1.04. The van der Waals surface area contributed by atoms with Crippen LogP contribution in [0.1, 0.15) is 17.3 Å². The van der Waals surface area contributed by atoms with Gasteiger partial charge in [0.15, 0.2) is 5.78 Å². The molecule has 2 aromatic rings. The first-order valence-electron chi connectivity index (χ1n) is 9.08. The first-order valence-corrected chi connectivity index (χ1v) is 9.08. The quantitative estimate of drug-likeness (QED) is 0.809. The molecule has 138 valence electrons. The van der Waals surface area contributed by atoms with Gasteiger partial charge in [0, 0.05) is 37.4 Å². The second-order valence-corrected chi connectivity index (χ2v) is 6.57. The number of ketones is 1. The summed E-state index contributed by atoms with van der Waals surface area (Å²) in [6.45, 7) is 5.65. The van der Waals surface area contributed by atoms with Gasteiger partial charge in [-0.25, -0.2) is 0 Å². The highest BCUT2D eigenvalue weighted by Gasteiger charge is 2.20. The molecule has 0 amide bonds. The number of benzene rings is 2. The van der Waals surface area contributed by atoms with Crippen LogP contribution in [0.2, 0.25) is 0 Å². The van der Waals surface area contributed by atoms with Gasteiger partial charge in [0.1, 0.15) is 5.75 Å². The molecule has 0 saturated carbocycles. The number of hydrogen-bond acceptors (Lipinski definition) is 5. The zero-order chi connectivity index (χ0) is 18.5. The van der Waals surface area contributed by atoms with Gasteiger partial charge in [0.05, 0.1) is 18.8 Å². The highest BCUT2D eigenvalue weighted by molar-refractivity contribution is 6.00. The molecule has 1 fully saturated rings. The van der Waals surface area contributed by atoms with Crippen molar-refractivity contribution < 1.29 is 9.53 Å². The maximum Gasteiger partial charge on any atom is 0.179 e. The van der Waals surface area contributed by atoms with Crippen molar-refractivity contribution in [1.82, 2.24) is 5.32 Å². The lowest BCUT2D eigenvalue weighted by Crippen LogP contribution is -2.46. The number of anilines is 2. The van der Waals surface area contributed by atoms with Crippen LogP contribution in [0, 0.1) is 0 Å². The summed E-state index contributed by atoms with van der Waals surface area (Å²) in [5.41, 5.74) is 3.07. The third-order valence-electron chi connectivity index (χ3n) is 5.05. The van der Waals surface area contributed by atoms with Crippen LogP contribution in [0.25, 0.3) is 0 Å². The van der Waals surface area contributed by atoms with Gasteiger partial charge in [-0.15, -0.1) is 0 Å². The van der Waals surface area contributed by atoms with Gasteiger partial charge >= 0.3 is 0 Å². The van der Waals surface area contributed by atoms with E-state index in [0.29, 0.717) is 0 Å². The second-order valence-electron chi connectivity index (χ2n) is 6.57. The zero-order valence-corrected chi connectivity index (χ0v) is 15.7. The predicted molar refractivity (Wildman–Crippen MR) is 107 cm³/mol. The molecule has 2 aromatic carbocycles.